The van der Waals surface area contributed by atoms with Gasteiger partial charge in [-0.25, -0.2) is 4.79 Å². The van der Waals surface area contributed by atoms with E-state index in [2.05, 4.69) is 5.32 Å². The van der Waals surface area contributed by atoms with Gasteiger partial charge in [-0.1, -0.05) is 0 Å². The molecule has 3 N–H and O–H groups in total. The van der Waals surface area contributed by atoms with Crippen molar-refractivity contribution in [3.05, 3.63) is 0 Å². The zero-order valence-corrected chi connectivity index (χ0v) is 10.6. The van der Waals surface area contributed by atoms with Gasteiger partial charge >= 0.3 is 18.0 Å². The molecule has 1 aliphatic rings. The van der Waals surface area contributed by atoms with Gasteiger partial charge in [0.1, 0.15) is 13.1 Å². The molecule has 8 heteroatoms. The average molecular weight is 276 g/mol. The molecule has 0 bridgehead atoms. The van der Waals surface area contributed by atoms with Crippen LogP contribution in [0.5, 0.6) is 0 Å². The predicted octanol–water partition coefficient (Wildman–Crippen LogP) is 0.0628. The number of hydrogen-bond acceptors (Lipinski definition) is 4. The molecule has 1 unspecified atom stereocenters. The highest BCUT2D eigenvalue weighted by Gasteiger charge is 2.21. The van der Waals surface area contributed by atoms with Crippen molar-refractivity contribution in [3.63, 3.8) is 0 Å². The number of aliphatic carboxylic acids is 2. The minimum absolute atomic E-state index is 0.338. The number of carbonyl (C=O) groups excluding carboxylic acids is 1. The van der Waals surface area contributed by atoms with Crippen LogP contribution < -0.4 is 5.32 Å². The Balaban J connectivity index is 2.41. The lowest BCUT2D eigenvalue weighted by Crippen LogP contribution is -2.46. The van der Waals surface area contributed by atoms with Gasteiger partial charge in [-0.15, -0.1) is 0 Å². The molecule has 1 rings (SSSR count). The van der Waals surface area contributed by atoms with Crippen molar-refractivity contribution in [1.29, 1.82) is 0 Å². The van der Waals surface area contributed by atoms with Gasteiger partial charge in [0, 0.05) is 11.8 Å². The molecule has 0 spiro atoms. The number of rotatable bonds is 6. The topological polar surface area (TPSA) is 107 Å². The Bertz CT molecular complexity index is 314. The summed E-state index contributed by atoms with van der Waals surface area (Å²) < 4.78 is 0. The molecule has 0 aromatic heterocycles. The second-order valence-electron chi connectivity index (χ2n) is 3.96. The molecule has 2 amide bonds. The van der Waals surface area contributed by atoms with E-state index in [-0.39, 0.29) is 0 Å². The van der Waals surface area contributed by atoms with Crippen LogP contribution in [-0.4, -0.2) is 63.7 Å². The van der Waals surface area contributed by atoms with E-state index in [0.717, 1.165) is 23.5 Å². The fourth-order valence-electron chi connectivity index (χ4n) is 1.64. The van der Waals surface area contributed by atoms with E-state index in [1.54, 1.807) is 11.8 Å². The summed E-state index contributed by atoms with van der Waals surface area (Å²) in [7, 11) is 0. The van der Waals surface area contributed by atoms with Crippen LogP contribution in [0.1, 0.15) is 12.8 Å². The lowest BCUT2D eigenvalue weighted by molar-refractivity contribution is -0.140. The Kier molecular flexibility index (Phi) is 5.76. The first-order valence-corrected chi connectivity index (χ1v) is 6.62. The molecule has 0 radical (unpaired) electrons. The van der Waals surface area contributed by atoms with Gasteiger partial charge in [0.2, 0.25) is 0 Å². The summed E-state index contributed by atoms with van der Waals surface area (Å²) >= 11 is 1.76. The number of carboxylic acids is 2. The van der Waals surface area contributed by atoms with Crippen molar-refractivity contribution in [2.45, 2.75) is 18.1 Å². The van der Waals surface area contributed by atoms with Crippen LogP contribution in [0.25, 0.3) is 0 Å². The highest BCUT2D eigenvalue weighted by atomic mass is 32.2. The first kappa shape index (κ1) is 14.6. The van der Waals surface area contributed by atoms with Gasteiger partial charge in [0.25, 0.3) is 0 Å². The summed E-state index contributed by atoms with van der Waals surface area (Å²) in [6.07, 6.45) is 2.13. The number of urea groups is 1. The number of nitrogens with one attached hydrogen (secondary N) is 1. The van der Waals surface area contributed by atoms with Crippen molar-refractivity contribution in [3.8, 4) is 0 Å². The standard InChI is InChI=1S/C10H16N2O5S/c13-8(14)5-12(6-9(15)16)10(17)11-4-7-2-1-3-18-7/h7H,1-6H2,(H,11,17)(H,13,14)(H,15,16). The van der Waals surface area contributed by atoms with Gasteiger partial charge in [-0.05, 0) is 18.6 Å². The summed E-state index contributed by atoms with van der Waals surface area (Å²) in [5.41, 5.74) is 0. The lowest BCUT2D eigenvalue weighted by Gasteiger charge is -2.20. The van der Waals surface area contributed by atoms with Crippen LogP contribution in [0.15, 0.2) is 0 Å². The molecule has 0 saturated carbocycles. The quantitative estimate of drug-likeness (QED) is 0.633. The molecule has 1 aliphatic heterocycles. The van der Waals surface area contributed by atoms with Crippen molar-refractivity contribution >= 4 is 29.7 Å². The van der Waals surface area contributed by atoms with Crippen molar-refractivity contribution < 1.29 is 24.6 Å². The van der Waals surface area contributed by atoms with E-state index in [1.807, 2.05) is 0 Å². The maximum atomic E-state index is 11.6. The lowest BCUT2D eigenvalue weighted by atomic mass is 10.2. The normalized spacial score (nSPS) is 18.3. The first-order valence-electron chi connectivity index (χ1n) is 5.57. The molecule has 0 aromatic rings. The predicted molar refractivity (Wildman–Crippen MR) is 65.7 cm³/mol. The van der Waals surface area contributed by atoms with Gasteiger partial charge < -0.3 is 20.4 Å². The molecular formula is C10H16N2O5S. The number of thioether (sulfide) groups is 1. The zero-order valence-electron chi connectivity index (χ0n) is 9.79. The van der Waals surface area contributed by atoms with Gasteiger partial charge in [-0.3, -0.25) is 9.59 Å². The highest BCUT2D eigenvalue weighted by molar-refractivity contribution is 8.00. The van der Waals surface area contributed by atoms with Crippen LogP contribution in [0.3, 0.4) is 0 Å². The maximum absolute atomic E-state index is 11.6. The van der Waals surface area contributed by atoms with Gasteiger partial charge in [0.15, 0.2) is 0 Å². The third-order valence-corrected chi connectivity index (χ3v) is 3.84. The minimum Gasteiger partial charge on any atom is -0.480 e. The Labute approximate surface area is 109 Å². The second-order valence-corrected chi connectivity index (χ2v) is 5.37. The Morgan fingerprint density at radius 1 is 1.22 bits per heavy atom. The summed E-state index contributed by atoms with van der Waals surface area (Å²) in [4.78, 5) is 33.5. The summed E-state index contributed by atoms with van der Waals surface area (Å²) in [6.45, 7) is -0.787. The minimum atomic E-state index is -1.23. The van der Waals surface area contributed by atoms with Gasteiger partial charge in [-0.2, -0.15) is 11.8 Å². The number of amides is 2. The molecule has 0 aliphatic carbocycles. The Morgan fingerprint density at radius 3 is 2.28 bits per heavy atom. The molecule has 1 atom stereocenters. The van der Waals surface area contributed by atoms with Crippen molar-refractivity contribution in [1.82, 2.24) is 10.2 Å². The van der Waals surface area contributed by atoms with Crippen LogP contribution in [-0.2, 0) is 9.59 Å². The molecule has 1 saturated heterocycles. The molecule has 1 fully saturated rings. The number of hydrogen-bond donors (Lipinski definition) is 3. The number of carboxylic acid groups (broad SMARTS) is 2. The summed E-state index contributed by atoms with van der Waals surface area (Å²) in [5.74, 6) is -1.41. The van der Waals surface area contributed by atoms with E-state index < -0.39 is 31.1 Å². The maximum Gasteiger partial charge on any atom is 0.323 e. The van der Waals surface area contributed by atoms with Crippen molar-refractivity contribution in [2.75, 3.05) is 25.4 Å². The van der Waals surface area contributed by atoms with E-state index in [9.17, 15) is 14.4 Å². The van der Waals surface area contributed by atoms with E-state index in [4.69, 9.17) is 10.2 Å². The van der Waals surface area contributed by atoms with Crippen LogP contribution in [0.2, 0.25) is 0 Å². The third-order valence-electron chi connectivity index (χ3n) is 2.44. The molecule has 1 heterocycles. The SMILES string of the molecule is O=C(O)CN(CC(=O)O)C(=O)NCC1CCCS1. The van der Waals surface area contributed by atoms with Crippen molar-refractivity contribution in [2.24, 2.45) is 0 Å². The molecule has 102 valence electrons. The Hall–Kier alpha value is -1.44. The molecule has 18 heavy (non-hydrogen) atoms. The smallest absolute Gasteiger partial charge is 0.323 e. The summed E-state index contributed by atoms with van der Waals surface area (Å²) in [5, 5.41) is 20.1. The largest absolute Gasteiger partial charge is 0.480 e. The van der Waals surface area contributed by atoms with E-state index in [1.165, 1.54) is 0 Å². The monoisotopic (exact) mass is 276 g/mol. The van der Waals surface area contributed by atoms with Gasteiger partial charge in [0.05, 0.1) is 0 Å². The fraction of sp³-hybridized carbons (Fsp3) is 0.700. The molecule has 7 nitrogen and oxygen atoms in total. The van der Waals surface area contributed by atoms with Crippen LogP contribution >= 0.6 is 11.8 Å². The van der Waals surface area contributed by atoms with E-state index in [0.29, 0.717) is 11.8 Å². The first-order chi connectivity index (χ1) is 8.49. The fourth-order valence-corrected chi connectivity index (χ4v) is 2.85. The second kappa shape index (κ2) is 7.10. The highest BCUT2D eigenvalue weighted by Crippen LogP contribution is 2.25. The van der Waals surface area contributed by atoms with Crippen LogP contribution in [0, 0.1) is 0 Å². The number of nitrogens with zero attached hydrogens (tertiary/aromatic N) is 1. The van der Waals surface area contributed by atoms with Crippen LogP contribution in [0.4, 0.5) is 4.79 Å². The number of carbonyl (C=O) groups is 3. The zero-order chi connectivity index (χ0) is 13.5. The molecular weight excluding hydrogens is 260 g/mol. The average Bonchev–Trinajstić information content (AvgIpc) is 2.76. The third kappa shape index (κ3) is 5.26. The Morgan fingerprint density at radius 2 is 1.83 bits per heavy atom. The molecule has 0 aromatic carbocycles. The summed E-state index contributed by atoms with van der Waals surface area (Å²) in [6, 6.07) is -0.646. The van der Waals surface area contributed by atoms with E-state index >= 15 is 0 Å².